The number of nitrogens with one attached hydrogen (secondary N) is 1. The van der Waals surface area contributed by atoms with Crippen molar-refractivity contribution in [2.24, 2.45) is 5.41 Å². The number of piperidine rings is 1. The smallest absolute Gasteiger partial charge is 0.152 e. The molecule has 1 aliphatic rings. The van der Waals surface area contributed by atoms with Gasteiger partial charge in [-0.05, 0) is 68.0 Å². The van der Waals surface area contributed by atoms with Gasteiger partial charge in [0.05, 0.1) is 18.7 Å². The van der Waals surface area contributed by atoms with Gasteiger partial charge in [-0.15, -0.1) is 0 Å². The first kappa shape index (κ1) is 28.1. The summed E-state index contributed by atoms with van der Waals surface area (Å²) in [4.78, 5) is 6.43. The van der Waals surface area contributed by atoms with E-state index in [4.69, 9.17) is 4.74 Å². The summed E-state index contributed by atoms with van der Waals surface area (Å²) in [5.41, 5.74) is 0.712. The van der Waals surface area contributed by atoms with Gasteiger partial charge in [0.2, 0.25) is 0 Å². The van der Waals surface area contributed by atoms with Crippen molar-refractivity contribution >= 4 is 16.6 Å². The Hall–Kier alpha value is -2.95. The predicted octanol–water partition coefficient (Wildman–Crippen LogP) is 5.13. The van der Waals surface area contributed by atoms with Crippen LogP contribution < -0.4 is 10.1 Å². The molecule has 0 bridgehead atoms. The van der Waals surface area contributed by atoms with Gasteiger partial charge < -0.3 is 25.2 Å². The van der Waals surface area contributed by atoms with E-state index in [1.165, 1.54) is 13.3 Å². The first-order valence-electron chi connectivity index (χ1n) is 12.7. The molecule has 1 saturated heterocycles. The van der Waals surface area contributed by atoms with E-state index in [0.29, 0.717) is 85.2 Å². The summed E-state index contributed by atoms with van der Waals surface area (Å²) < 4.78 is 59.9. The summed E-state index contributed by atoms with van der Waals surface area (Å²) in [6, 6.07) is 6.55. The van der Waals surface area contributed by atoms with E-state index >= 15 is 0 Å². The Kier molecular flexibility index (Phi) is 9.07. The zero-order chi connectivity index (χ0) is 27.3. The summed E-state index contributed by atoms with van der Waals surface area (Å²) in [5.74, 6) is -2.34. The van der Waals surface area contributed by atoms with Crippen LogP contribution in [-0.2, 0) is 6.67 Å². The second-order valence-electron chi connectivity index (χ2n) is 9.94. The Labute approximate surface area is 219 Å². The Morgan fingerprint density at radius 3 is 2.47 bits per heavy atom. The Morgan fingerprint density at radius 1 is 1.13 bits per heavy atom. The van der Waals surface area contributed by atoms with E-state index in [9.17, 15) is 27.8 Å². The molecular weight excluding hydrogens is 502 g/mol. The van der Waals surface area contributed by atoms with Crippen molar-refractivity contribution in [1.82, 2.24) is 9.88 Å². The van der Waals surface area contributed by atoms with Crippen LogP contribution in [-0.4, -0.2) is 60.0 Å². The monoisotopic (exact) mass is 535 g/mol. The van der Waals surface area contributed by atoms with Crippen LogP contribution >= 0.6 is 0 Å². The fraction of sp³-hybridized carbons (Fsp3) is 0.464. The van der Waals surface area contributed by atoms with Crippen LogP contribution in [0.15, 0.2) is 36.5 Å². The Morgan fingerprint density at radius 2 is 1.84 bits per heavy atom. The number of aliphatic hydroxyl groups is 2. The van der Waals surface area contributed by atoms with Gasteiger partial charge in [-0.2, -0.15) is 0 Å². The minimum Gasteiger partial charge on any atom is -0.497 e. The molecule has 0 spiro atoms. The third-order valence-electron chi connectivity index (χ3n) is 7.61. The third kappa shape index (κ3) is 6.19. The van der Waals surface area contributed by atoms with Crippen LogP contribution in [0.1, 0.15) is 42.9 Å². The molecule has 2 aromatic carbocycles. The molecule has 1 aliphatic heterocycles. The number of ether oxygens (including phenoxy) is 1. The average Bonchev–Trinajstić information content (AvgIpc) is 2.92. The molecule has 6 nitrogen and oxygen atoms in total. The molecule has 206 valence electrons. The maximum absolute atomic E-state index is 13.8. The molecule has 4 rings (SSSR count). The molecule has 0 radical (unpaired) electrons. The first-order valence-corrected chi connectivity index (χ1v) is 12.7. The lowest BCUT2D eigenvalue weighted by Crippen LogP contribution is -2.43. The second kappa shape index (κ2) is 12.3. The topological polar surface area (TPSA) is 77.8 Å². The van der Waals surface area contributed by atoms with Crippen LogP contribution in [0.5, 0.6) is 5.75 Å². The number of aromatic nitrogens is 1. The van der Waals surface area contributed by atoms with Crippen molar-refractivity contribution in [3.05, 3.63) is 65.1 Å². The van der Waals surface area contributed by atoms with Crippen LogP contribution in [0.3, 0.4) is 0 Å². The molecule has 0 aliphatic carbocycles. The van der Waals surface area contributed by atoms with Crippen LogP contribution in [0.2, 0.25) is 0 Å². The third-order valence-corrected chi connectivity index (χ3v) is 7.61. The van der Waals surface area contributed by atoms with Crippen molar-refractivity contribution in [1.29, 1.82) is 0 Å². The van der Waals surface area contributed by atoms with Crippen LogP contribution in [0.4, 0.5) is 23.2 Å². The fourth-order valence-corrected chi connectivity index (χ4v) is 5.24. The first-order chi connectivity index (χ1) is 18.3. The molecular formula is C28H33F4N3O3. The van der Waals surface area contributed by atoms with Gasteiger partial charge in [-0.1, -0.05) is 0 Å². The lowest BCUT2D eigenvalue weighted by Gasteiger charge is -2.41. The second-order valence-corrected chi connectivity index (χ2v) is 9.94. The van der Waals surface area contributed by atoms with E-state index < -0.39 is 35.6 Å². The Balaban J connectivity index is 1.35. The molecule has 2 heterocycles. The molecule has 0 amide bonds. The van der Waals surface area contributed by atoms with Crippen molar-refractivity contribution in [3.8, 4) is 5.75 Å². The summed E-state index contributed by atoms with van der Waals surface area (Å²) in [6.45, 7) is 1.32. The molecule has 1 unspecified atom stereocenters. The van der Waals surface area contributed by atoms with Gasteiger partial charge in [-0.3, -0.25) is 4.98 Å². The maximum Gasteiger partial charge on any atom is 0.152 e. The molecule has 3 N–H and O–H groups in total. The average molecular weight is 536 g/mol. The molecule has 1 aromatic heterocycles. The molecule has 1 atom stereocenters. The van der Waals surface area contributed by atoms with Gasteiger partial charge in [-0.25, -0.2) is 17.6 Å². The quantitative estimate of drug-likeness (QED) is 0.296. The fourth-order valence-electron chi connectivity index (χ4n) is 5.24. The van der Waals surface area contributed by atoms with Gasteiger partial charge in [0.25, 0.3) is 0 Å². The van der Waals surface area contributed by atoms with E-state index in [0.717, 1.165) is 0 Å². The van der Waals surface area contributed by atoms with E-state index in [-0.39, 0.29) is 18.8 Å². The number of benzene rings is 2. The highest BCUT2D eigenvalue weighted by atomic mass is 19.1. The summed E-state index contributed by atoms with van der Waals surface area (Å²) in [7, 11) is 1.54. The number of hydrogen-bond acceptors (Lipinski definition) is 6. The van der Waals surface area contributed by atoms with Crippen molar-refractivity contribution in [3.63, 3.8) is 0 Å². The predicted molar refractivity (Wildman–Crippen MR) is 137 cm³/mol. The number of anilines is 1. The van der Waals surface area contributed by atoms with E-state index in [1.807, 2.05) is 0 Å². The lowest BCUT2D eigenvalue weighted by molar-refractivity contribution is 0.0246. The molecule has 1 fully saturated rings. The zero-order valence-electron chi connectivity index (χ0n) is 21.3. The minimum absolute atomic E-state index is 0.0430. The maximum atomic E-state index is 13.8. The normalized spacial score (nSPS) is 16.5. The number of nitrogens with zero attached hydrogens (tertiary/aromatic N) is 2. The SMILES string of the molecule is COc1ccc2ncc(CF)c(C(O)CCC3(CO)CCN(CCNc4c(F)cc(F)cc4F)CC3)c2c1. The Bertz CT molecular complexity index is 1220. The molecule has 38 heavy (non-hydrogen) atoms. The number of aliphatic hydroxyl groups excluding tert-OH is 2. The number of likely N-dealkylation sites (tertiary alicyclic amines) is 1. The van der Waals surface area contributed by atoms with Crippen molar-refractivity contribution in [2.45, 2.75) is 38.5 Å². The highest BCUT2D eigenvalue weighted by molar-refractivity contribution is 5.85. The standard InChI is InChI=1S/C28H33F4N3O3/c1-38-20-2-3-24-21(14-20)26(18(15-29)16-34-24)25(37)4-5-28(17-36)6-9-35(10-7-28)11-8-33-27-22(31)12-19(30)13-23(27)32/h2-3,12-14,16,25,33,36-37H,4-11,15,17H2,1H3. The molecule has 0 saturated carbocycles. The van der Waals surface area contributed by atoms with E-state index in [2.05, 4.69) is 15.2 Å². The van der Waals surface area contributed by atoms with Gasteiger partial charge in [0.1, 0.15) is 23.9 Å². The summed E-state index contributed by atoms with van der Waals surface area (Å²) in [6.07, 6.45) is 2.75. The number of halogens is 4. The van der Waals surface area contributed by atoms with Gasteiger partial charge in [0, 0.05) is 49.0 Å². The summed E-state index contributed by atoms with van der Waals surface area (Å²) >= 11 is 0. The van der Waals surface area contributed by atoms with Crippen LogP contribution in [0, 0.1) is 22.9 Å². The zero-order valence-corrected chi connectivity index (χ0v) is 21.3. The summed E-state index contributed by atoms with van der Waals surface area (Å²) in [5, 5.41) is 24.7. The lowest BCUT2D eigenvalue weighted by atomic mass is 9.74. The minimum atomic E-state index is -0.977. The highest BCUT2D eigenvalue weighted by Crippen LogP contribution is 2.40. The number of methoxy groups -OCH3 is 1. The van der Waals surface area contributed by atoms with Crippen molar-refractivity contribution < 1.29 is 32.5 Å². The van der Waals surface area contributed by atoms with Gasteiger partial charge >= 0.3 is 0 Å². The molecule has 3 aromatic rings. The van der Waals surface area contributed by atoms with Crippen LogP contribution in [0.25, 0.3) is 10.9 Å². The number of alkyl halides is 1. The highest BCUT2D eigenvalue weighted by Gasteiger charge is 2.34. The molecule has 10 heteroatoms. The van der Waals surface area contributed by atoms with Gasteiger partial charge in [0.15, 0.2) is 11.6 Å². The number of fused-ring (bicyclic) bond motifs is 1. The largest absolute Gasteiger partial charge is 0.497 e. The van der Waals surface area contributed by atoms with E-state index in [1.54, 1.807) is 18.2 Å². The number of rotatable bonds is 11. The number of pyridine rings is 1. The van der Waals surface area contributed by atoms with Crippen molar-refractivity contribution in [2.75, 3.05) is 45.2 Å². The number of hydrogen-bond donors (Lipinski definition) is 3.